The number of hydrogen-bond donors (Lipinski definition) is 1. The first-order valence-electron chi connectivity index (χ1n) is 7.23. The van der Waals surface area contributed by atoms with Gasteiger partial charge in [0.2, 0.25) is 12.1 Å². The van der Waals surface area contributed by atoms with E-state index in [1.807, 2.05) is 0 Å². The van der Waals surface area contributed by atoms with Gasteiger partial charge in [-0.2, -0.15) is 0 Å². The molecule has 2 aliphatic heterocycles. The Morgan fingerprint density at radius 1 is 1.35 bits per heavy atom. The minimum Gasteiger partial charge on any atom is -0.624 e. The average Bonchev–Trinajstić information content (AvgIpc) is 2.58. The average molecular weight is 346 g/mol. The highest BCUT2D eigenvalue weighted by Gasteiger charge is 2.74. The summed E-state index contributed by atoms with van der Waals surface area (Å²) in [5.41, 5.74) is -0.711. The Morgan fingerprint density at radius 3 is 2.39 bits per heavy atom. The maximum absolute atomic E-state index is 13.0. The van der Waals surface area contributed by atoms with Crippen LogP contribution in [0, 0.1) is 5.21 Å². The predicted molar refractivity (Wildman–Crippen MR) is 83.1 cm³/mol. The summed E-state index contributed by atoms with van der Waals surface area (Å²) in [5.74, 6) is -1.47. The number of nitrogens with one attached hydrogen (secondary N) is 1. The number of amides is 2. The fourth-order valence-corrected chi connectivity index (χ4v) is 4.69. The Kier molecular flexibility index (Phi) is 4.20. The van der Waals surface area contributed by atoms with Crippen LogP contribution in [0.25, 0.3) is 0 Å². The van der Waals surface area contributed by atoms with Crippen LogP contribution in [-0.2, 0) is 19.1 Å². The van der Waals surface area contributed by atoms with Crippen LogP contribution in [0.4, 0.5) is 4.79 Å². The number of alkyl carbamates (subject to hydrolysis) is 1. The second kappa shape index (κ2) is 5.35. The molecular weight excluding hydrogens is 324 g/mol. The molecule has 2 amide bonds. The number of hydroxylamine groups is 3. The molecule has 0 aliphatic carbocycles. The molecule has 2 heterocycles. The van der Waals surface area contributed by atoms with E-state index in [4.69, 9.17) is 4.74 Å². The highest BCUT2D eigenvalue weighted by Crippen LogP contribution is 2.56. The number of esters is 1. The smallest absolute Gasteiger partial charge is 0.408 e. The molecule has 4 atom stereocenters. The van der Waals surface area contributed by atoms with Crippen LogP contribution in [0.3, 0.4) is 0 Å². The van der Waals surface area contributed by atoms with Gasteiger partial charge in [0, 0.05) is 0 Å². The molecule has 8 nitrogen and oxygen atoms in total. The third-order valence-corrected chi connectivity index (χ3v) is 5.49. The number of quaternary nitrogens is 1. The van der Waals surface area contributed by atoms with Gasteiger partial charge >= 0.3 is 18.0 Å². The van der Waals surface area contributed by atoms with Gasteiger partial charge in [0.1, 0.15) is 5.60 Å². The lowest BCUT2D eigenvalue weighted by Gasteiger charge is -2.54. The Labute approximate surface area is 139 Å². The van der Waals surface area contributed by atoms with Crippen molar-refractivity contribution in [3.8, 4) is 0 Å². The molecule has 0 radical (unpaired) electrons. The molecule has 0 aromatic rings. The first-order chi connectivity index (χ1) is 10.3. The number of ether oxygens (including phenoxy) is 2. The quantitative estimate of drug-likeness (QED) is 0.346. The number of hydrogen-bond acceptors (Lipinski definition) is 7. The van der Waals surface area contributed by atoms with E-state index in [0.29, 0.717) is 0 Å². The predicted octanol–water partition coefficient (Wildman–Crippen LogP) is 1.13. The Morgan fingerprint density at radius 2 is 1.91 bits per heavy atom. The van der Waals surface area contributed by atoms with Crippen LogP contribution in [-0.4, -0.2) is 57.5 Å². The van der Waals surface area contributed by atoms with Gasteiger partial charge in [-0.15, -0.1) is 0 Å². The van der Waals surface area contributed by atoms with Gasteiger partial charge in [-0.1, -0.05) is 11.8 Å². The van der Waals surface area contributed by atoms with Crippen LogP contribution >= 0.6 is 11.8 Å². The molecule has 0 bridgehead atoms. The van der Waals surface area contributed by atoms with E-state index in [-0.39, 0.29) is 0 Å². The molecule has 0 aromatic carbocycles. The summed E-state index contributed by atoms with van der Waals surface area (Å²) in [6.45, 7) is 8.53. The lowest BCUT2D eigenvalue weighted by atomic mass is 9.95. The highest BCUT2D eigenvalue weighted by molar-refractivity contribution is 8.01. The topological polar surface area (TPSA) is 105 Å². The van der Waals surface area contributed by atoms with E-state index < -0.39 is 50.4 Å². The summed E-state index contributed by atoms with van der Waals surface area (Å²) in [5, 5.41) is 14.6. The summed E-state index contributed by atoms with van der Waals surface area (Å²) in [6.07, 6.45) is -0.762. The van der Waals surface area contributed by atoms with Crippen molar-refractivity contribution >= 4 is 29.7 Å². The number of rotatable bonds is 2. The molecule has 2 fully saturated rings. The Hall–Kier alpha value is -1.32. The van der Waals surface area contributed by atoms with E-state index in [1.165, 1.54) is 18.9 Å². The third-order valence-electron chi connectivity index (χ3n) is 3.84. The van der Waals surface area contributed by atoms with Gasteiger partial charge in [0.05, 0.1) is 11.9 Å². The zero-order valence-corrected chi connectivity index (χ0v) is 14.9. The summed E-state index contributed by atoms with van der Waals surface area (Å²) in [7, 11) is 1.18. The van der Waals surface area contributed by atoms with Crippen molar-refractivity contribution in [1.29, 1.82) is 0 Å². The second-order valence-corrected chi connectivity index (χ2v) is 8.98. The standard InChI is InChI=1S/C14H22N2O6S/c1-13(2,3)22-12(19)15-7-9(17)16(20)8(11(18)21-6)14(4,5)23-10(7)16/h7-8,10H,1-6H3,(H,15,19)/t7-,8+,10-,16-/m1/s1. The van der Waals surface area contributed by atoms with Crippen molar-refractivity contribution in [1.82, 2.24) is 5.32 Å². The summed E-state index contributed by atoms with van der Waals surface area (Å²) in [4.78, 5) is 36.2. The Balaban J connectivity index is 2.18. The number of nitrogens with zero attached hydrogens (tertiary/aromatic N) is 1. The van der Waals surface area contributed by atoms with E-state index >= 15 is 0 Å². The third kappa shape index (κ3) is 2.81. The zero-order valence-electron chi connectivity index (χ0n) is 14.0. The lowest BCUT2D eigenvalue weighted by molar-refractivity contribution is -0.857. The van der Waals surface area contributed by atoms with Gasteiger partial charge in [0.15, 0.2) is 5.37 Å². The van der Waals surface area contributed by atoms with Gasteiger partial charge in [-0.3, -0.25) is 9.96 Å². The molecule has 9 heteroatoms. The van der Waals surface area contributed by atoms with Gasteiger partial charge in [-0.25, -0.2) is 14.4 Å². The molecule has 2 rings (SSSR count). The maximum Gasteiger partial charge on any atom is 0.408 e. The molecule has 0 spiro atoms. The summed E-state index contributed by atoms with van der Waals surface area (Å²) in [6, 6.07) is -2.12. The SMILES string of the molecule is COC(=O)[C@H]1C(C)(C)S[C@@H]2[C@H](NC(=O)OC(C)(C)C)C(=O)[N@@+]21[O-]. The molecule has 2 saturated heterocycles. The van der Waals surface area contributed by atoms with Crippen molar-refractivity contribution in [3.05, 3.63) is 5.21 Å². The van der Waals surface area contributed by atoms with Crippen LogP contribution in [0.5, 0.6) is 0 Å². The van der Waals surface area contributed by atoms with Crippen LogP contribution in [0.15, 0.2) is 0 Å². The fourth-order valence-electron chi connectivity index (χ4n) is 2.98. The second-order valence-electron chi connectivity index (χ2n) is 7.21. The van der Waals surface area contributed by atoms with Crippen LogP contribution in [0.2, 0.25) is 0 Å². The number of fused-ring (bicyclic) bond motifs is 1. The summed E-state index contributed by atoms with van der Waals surface area (Å²) >= 11 is 1.21. The molecule has 0 unspecified atom stereocenters. The first-order valence-corrected chi connectivity index (χ1v) is 8.11. The first kappa shape index (κ1) is 18.0. The van der Waals surface area contributed by atoms with Crippen molar-refractivity contribution < 1.29 is 28.5 Å². The molecule has 130 valence electrons. The largest absolute Gasteiger partial charge is 0.624 e. The maximum atomic E-state index is 13.0. The van der Waals surface area contributed by atoms with Gasteiger partial charge in [0.25, 0.3) is 0 Å². The number of carbonyl (C=O) groups excluding carboxylic acids is 3. The molecule has 23 heavy (non-hydrogen) atoms. The molecule has 2 aliphatic rings. The van der Waals surface area contributed by atoms with E-state index in [0.717, 1.165) is 0 Å². The van der Waals surface area contributed by atoms with Gasteiger partial charge < -0.3 is 14.7 Å². The van der Waals surface area contributed by atoms with E-state index in [1.54, 1.807) is 34.6 Å². The van der Waals surface area contributed by atoms with Crippen molar-refractivity contribution in [2.75, 3.05) is 7.11 Å². The Bertz CT molecular complexity index is 558. The van der Waals surface area contributed by atoms with Gasteiger partial charge in [-0.05, 0) is 34.6 Å². The molecular formula is C14H22N2O6S. The number of thioether (sulfide) groups is 1. The van der Waals surface area contributed by atoms with E-state index in [9.17, 15) is 19.6 Å². The van der Waals surface area contributed by atoms with Crippen molar-refractivity contribution in [3.63, 3.8) is 0 Å². The zero-order chi connectivity index (χ0) is 17.8. The van der Waals surface area contributed by atoms with Crippen LogP contribution < -0.4 is 5.32 Å². The highest BCUT2D eigenvalue weighted by atomic mass is 32.2. The molecule has 0 aromatic heterocycles. The molecule has 0 saturated carbocycles. The number of carbonyl (C=O) groups is 3. The summed E-state index contributed by atoms with van der Waals surface area (Å²) < 4.78 is 7.72. The minimum absolute atomic E-state index is 0.711. The van der Waals surface area contributed by atoms with Crippen LogP contribution in [0.1, 0.15) is 34.6 Å². The fraction of sp³-hybridized carbons (Fsp3) is 0.786. The number of methoxy groups -OCH3 is 1. The monoisotopic (exact) mass is 346 g/mol. The van der Waals surface area contributed by atoms with E-state index in [2.05, 4.69) is 10.1 Å². The molecule has 1 N–H and O–H groups in total. The van der Waals surface area contributed by atoms with Crippen molar-refractivity contribution in [2.45, 2.75) is 62.4 Å². The normalized spacial score (nSPS) is 35.1. The lowest BCUT2D eigenvalue weighted by Crippen LogP contribution is -2.79. The minimum atomic E-state index is -1.30. The van der Waals surface area contributed by atoms with Crippen molar-refractivity contribution in [2.24, 2.45) is 0 Å². The number of β-lactam (4-membered cyclic amide) rings is 1.